The van der Waals surface area contributed by atoms with Crippen LogP contribution in [0.15, 0.2) is 24.3 Å². The molecule has 4 heteroatoms. The molecular formula is C16H21FO3. The smallest absolute Gasteiger partial charge is 0.316 e. The predicted octanol–water partition coefficient (Wildman–Crippen LogP) is 3.22. The number of halogens is 1. The van der Waals surface area contributed by atoms with Crippen LogP contribution in [0, 0.1) is 5.82 Å². The van der Waals surface area contributed by atoms with Crippen LogP contribution in [-0.2, 0) is 19.7 Å². The Morgan fingerprint density at radius 1 is 1.35 bits per heavy atom. The first-order valence-electron chi connectivity index (χ1n) is 7.05. The summed E-state index contributed by atoms with van der Waals surface area (Å²) < 4.78 is 23.8. The van der Waals surface area contributed by atoms with Crippen LogP contribution in [0.1, 0.15) is 38.7 Å². The van der Waals surface area contributed by atoms with E-state index in [-0.39, 0.29) is 17.9 Å². The lowest BCUT2D eigenvalue weighted by Gasteiger charge is -2.26. The number of esters is 1. The van der Waals surface area contributed by atoms with Crippen LogP contribution in [0.25, 0.3) is 0 Å². The summed E-state index contributed by atoms with van der Waals surface area (Å²) >= 11 is 0. The van der Waals surface area contributed by atoms with Crippen LogP contribution < -0.4 is 0 Å². The molecule has 1 unspecified atom stereocenters. The average molecular weight is 280 g/mol. The van der Waals surface area contributed by atoms with Crippen molar-refractivity contribution in [1.82, 2.24) is 0 Å². The Morgan fingerprint density at radius 3 is 2.65 bits per heavy atom. The van der Waals surface area contributed by atoms with E-state index in [2.05, 4.69) is 0 Å². The molecule has 110 valence electrons. The van der Waals surface area contributed by atoms with Gasteiger partial charge in [-0.05, 0) is 50.8 Å². The predicted molar refractivity (Wildman–Crippen MR) is 74.0 cm³/mol. The molecule has 1 aliphatic rings. The maximum Gasteiger partial charge on any atom is 0.316 e. The number of ether oxygens (including phenoxy) is 2. The van der Waals surface area contributed by atoms with E-state index in [1.54, 1.807) is 26.0 Å². The molecule has 0 aliphatic carbocycles. The van der Waals surface area contributed by atoms with Crippen molar-refractivity contribution in [2.75, 3.05) is 13.2 Å². The molecule has 1 aliphatic heterocycles. The van der Waals surface area contributed by atoms with Crippen LogP contribution >= 0.6 is 0 Å². The van der Waals surface area contributed by atoms with Gasteiger partial charge in [0.05, 0.1) is 11.5 Å². The zero-order valence-electron chi connectivity index (χ0n) is 12.0. The lowest BCUT2D eigenvalue weighted by molar-refractivity contribution is -0.154. The van der Waals surface area contributed by atoms with Gasteiger partial charge in [0.15, 0.2) is 0 Å². The van der Waals surface area contributed by atoms with Gasteiger partial charge < -0.3 is 9.47 Å². The van der Waals surface area contributed by atoms with E-state index in [0.717, 1.165) is 31.4 Å². The Bertz CT molecular complexity index is 447. The molecule has 1 atom stereocenters. The molecule has 0 spiro atoms. The number of benzene rings is 1. The summed E-state index contributed by atoms with van der Waals surface area (Å²) in [6.07, 6.45) is 3.14. The molecule has 0 aromatic heterocycles. The third-order valence-corrected chi connectivity index (χ3v) is 3.75. The summed E-state index contributed by atoms with van der Waals surface area (Å²) in [6.45, 7) is 4.60. The first kappa shape index (κ1) is 15.0. The molecule has 1 aromatic rings. The highest BCUT2D eigenvalue weighted by Crippen LogP contribution is 2.25. The van der Waals surface area contributed by atoms with E-state index in [0.29, 0.717) is 6.61 Å². The quantitative estimate of drug-likeness (QED) is 0.794. The Labute approximate surface area is 119 Å². The molecule has 2 rings (SSSR count). The monoisotopic (exact) mass is 280 g/mol. The minimum absolute atomic E-state index is 0.0108. The fourth-order valence-electron chi connectivity index (χ4n) is 2.27. The van der Waals surface area contributed by atoms with Crippen molar-refractivity contribution in [2.45, 2.75) is 44.6 Å². The van der Waals surface area contributed by atoms with E-state index in [4.69, 9.17) is 9.47 Å². The molecule has 0 saturated carbocycles. The topological polar surface area (TPSA) is 35.5 Å². The van der Waals surface area contributed by atoms with Crippen molar-refractivity contribution in [1.29, 1.82) is 0 Å². The van der Waals surface area contributed by atoms with E-state index in [1.807, 2.05) is 0 Å². The second kappa shape index (κ2) is 6.35. The molecule has 3 nitrogen and oxygen atoms in total. The lowest BCUT2D eigenvalue weighted by atomic mass is 9.85. The van der Waals surface area contributed by atoms with Crippen molar-refractivity contribution in [2.24, 2.45) is 0 Å². The zero-order valence-corrected chi connectivity index (χ0v) is 12.0. The van der Waals surface area contributed by atoms with Crippen molar-refractivity contribution in [3.8, 4) is 0 Å². The van der Waals surface area contributed by atoms with Gasteiger partial charge in [0.2, 0.25) is 0 Å². The number of carbonyl (C=O) groups excluding carboxylic acids is 1. The van der Waals surface area contributed by atoms with Gasteiger partial charge in [0.1, 0.15) is 12.4 Å². The zero-order chi connectivity index (χ0) is 14.6. The normalized spacial score (nSPS) is 19.6. The maximum atomic E-state index is 12.9. The van der Waals surface area contributed by atoms with E-state index in [9.17, 15) is 9.18 Å². The molecule has 1 saturated heterocycles. The van der Waals surface area contributed by atoms with Crippen LogP contribution in [0.3, 0.4) is 0 Å². The Hall–Kier alpha value is -1.42. The van der Waals surface area contributed by atoms with Crippen molar-refractivity contribution in [3.05, 3.63) is 35.6 Å². The molecule has 20 heavy (non-hydrogen) atoms. The fraction of sp³-hybridized carbons (Fsp3) is 0.562. The maximum absolute atomic E-state index is 12.9. The summed E-state index contributed by atoms with van der Waals surface area (Å²) in [5, 5.41) is 0. The highest BCUT2D eigenvalue weighted by atomic mass is 19.1. The highest BCUT2D eigenvalue weighted by molar-refractivity contribution is 5.82. The number of hydrogen-bond donors (Lipinski definition) is 0. The molecule has 0 bridgehead atoms. The molecular weight excluding hydrogens is 259 g/mol. The van der Waals surface area contributed by atoms with Gasteiger partial charge in [0, 0.05) is 6.61 Å². The van der Waals surface area contributed by atoms with Gasteiger partial charge in [-0.3, -0.25) is 4.79 Å². The number of hydrogen-bond acceptors (Lipinski definition) is 3. The number of carbonyl (C=O) groups is 1. The van der Waals surface area contributed by atoms with Gasteiger partial charge in [-0.2, -0.15) is 0 Å². The average Bonchev–Trinajstić information content (AvgIpc) is 2.46. The van der Waals surface area contributed by atoms with E-state index in [1.165, 1.54) is 12.1 Å². The van der Waals surface area contributed by atoms with Crippen LogP contribution in [0.4, 0.5) is 4.39 Å². The molecule has 0 N–H and O–H groups in total. The van der Waals surface area contributed by atoms with Crippen molar-refractivity contribution < 1.29 is 18.7 Å². The van der Waals surface area contributed by atoms with Crippen LogP contribution in [-0.4, -0.2) is 25.3 Å². The molecule has 0 radical (unpaired) electrons. The summed E-state index contributed by atoms with van der Waals surface area (Å²) in [5.41, 5.74) is -0.0454. The van der Waals surface area contributed by atoms with E-state index >= 15 is 0 Å². The third kappa shape index (κ3) is 3.57. The first-order chi connectivity index (χ1) is 9.50. The Morgan fingerprint density at radius 2 is 2.05 bits per heavy atom. The first-order valence-corrected chi connectivity index (χ1v) is 7.05. The van der Waals surface area contributed by atoms with Gasteiger partial charge >= 0.3 is 5.97 Å². The third-order valence-electron chi connectivity index (χ3n) is 3.75. The summed E-state index contributed by atoms with van der Waals surface area (Å²) in [6, 6.07) is 5.95. The summed E-state index contributed by atoms with van der Waals surface area (Å²) in [5.74, 6) is -0.619. The van der Waals surface area contributed by atoms with Gasteiger partial charge in [-0.1, -0.05) is 12.1 Å². The second-order valence-electron chi connectivity index (χ2n) is 5.72. The molecule has 1 fully saturated rings. The van der Waals surface area contributed by atoms with E-state index < -0.39 is 5.41 Å². The van der Waals surface area contributed by atoms with Crippen LogP contribution in [0.2, 0.25) is 0 Å². The lowest BCUT2D eigenvalue weighted by Crippen LogP contribution is -2.34. The Balaban J connectivity index is 1.94. The van der Waals surface area contributed by atoms with Gasteiger partial charge in [-0.25, -0.2) is 4.39 Å². The van der Waals surface area contributed by atoms with Crippen LogP contribution in [0.5, 0.6) is 0 Å². The minimum Gasteiger partial charge on any atom is -0.462 e. The SMILES string of the molecule is CC(C)(C(=O)OCC1CCCCO1)c1ccc(F)cc1. The molecule has 1 heterocycles. The highest BCUT2D eigenvalue weighted by Gasteiger charge is 2.32. The van der Waals surface area contributed by atoms with Crippen molar-refractivity contribution >= 4 is 5.97 Å². The largest absolute Gasteiger partial charge is 0.462 e. The van der Waals surface area contributed by atoms with Gasteiger partial charge in [0.25, 0.3) is 0 Å². The standard InChI is InChI=1S/C16H21FO3/c1-16(2,12-6-8-13(17)9-7-12)15(18)20-11-14-5-3-4-10-19-14/h6-9,14H,3-5,10-11H2,1-2H3. The minimum atomic E-state index is -0.789. The van der Waals surface area contributed by atoms with Gasteiger partial charge in [-0.15, -0.1) is 0 Å². The Kier molecular flexibility index (Phi) is 4.76. The fourth-order valence-corrected chi connectivity index (χ4v) is 2.27. The van der Waals surface area contributed by atoms with Crippen molar-refractivity contribution in [3.63, 3.8) is 0 Å². The second-order valence-corrected chi connectivity index (χ2v) is 5.72. The molecule has 0 amide bonds. The molecule has 1 aromatic carbocycles. The summed E-state index contributed by atoms with van der Waals surface area (Å²) in [4.78, 5) is 12.2. The summed E-state index contributed by atoms with van der Waals surface area (Å²) in [7, 11) is 0. The number of rotatable bonds is 4.